The molecule has 0 heterocycles. The van der Waals surface area contributed by atoms with Crippen molar-refractivity contribution in [2.24, 2.45) is 0 Å². The van der Waals surface area contributed by atoms with E-state index in [4.69, 9.17) is 24.1 Å². The van der Waals surface area contributed by atoms with Crippen LogP contribution in [0, 0.1) is 0 Å². The summed E-state index contributed by atoms with van der Waals surface area (Å²) in [5.74, 6) is -0.139. The average molecular weight is 480 g/mol. The first kappa shape index (κ1) is 24.9. The van der Waals surface area contributed by atoms with E-state index in [2.05, 4.69) is 21.2 Å². The summed E-state index contributed by atoms with van der Waals surface area (Å²) in [5, 5.41) is 11.6. The minimum absolute atomic E-state index is 0.141. The third-order valence-corrected chi connectivity index (χ3v) is 4.46. The number of carboxylic acids is 1. The summed E-state index contributed by atoms with van der Waals surface area (Å²) in [6, 6.07) is 6.03. The number of amides is 1. The molecule has 0 aliphatic carbocycles. The molecule has 0 spiro atoms. The molecule has 8 nitrogen and oxygen atoms in total. The normalized spacial score (nSPS) is 10.8. The van der Waals surface area contributed by atoms with E-state index in [-0.39, 0.29) is 11.5 Å². The number of benzene rings is 1. The molecule has 0 aliphatic rings. The first-order valence-electron chi connectivity index (χ1n) is 8.71. The molecule has 0 aliphatic heterocycles. The summed E-state index contributed by atoms with van der Waals surface area (Å²) in [6.07, 6.45) is 0. The number of halogens is 1. The maximum atomic E-state index is 11.8. The maximum Gasteiger partial charge on any atom is 0.335 e. The molecule has 158 valence electrons. The molecule has 0 bridgehead atoms. The second-order valence-electron chi connectivity index (χ2n) is 5.34. The van der Waals surface area contributed by atoms with Crippen LogP contribution in [0.2, 0.25) is 0 Å². The van der Waals surface area contributed by atoms with E-state index in [0.717, 1.165) is 0 Å². The number of nitrogens with one attached hydrogen (secondary N) is 1. The van der Waals surface area contributed by atoms with Gasteiger partial charge in [0.1, 0.15) is 5.52 Å². The largest absolute Gasteiger partial charge is 0.478 e. The minimum Gasteiger partial charge on any atom is -0.478 e. The summed E-state index contributed by atoms with van der Waals surface area (Å²) in [7, 11) is 0. The van der Waals surface area contributed by atoms with Gasteiger partial charge in [-0.05, 0) is 24.3 Å². The van der Waals surface area contributed by atoms with Crippen molar-refractivity contribution >= 4 is 45.3 Å². The summed E-state index contributed by atoms with van der Waals surface area (Å²) in [5.41, 5.74) is 1.26. The van der Waals surface area contributed by atoms with E-state index in [0.29, 0.717) is 69.0 Å². The lowest BCUT2D eigenvalue weighted by Gasteiger charge is -2.07. The zero-order chi connectivity index (χ0) is 20.5. The Labute approximate surface area is 177 Å². The molecule has 0 unspecified atom stereocenters. The van der Waals surface area contributed by atoms with Crippen LogP contribution in [-0.4, -0.2) is 80.3 Å². The highest BCUT2D eigenvalue weighted by atomic mass is 79.9. The van der Waals surface area contributed by atoms with Gasteiger partial charge in [0.05, 0.1) is 57.6 Å². The van der Waals surface area contributed by atoms with E-state index in [1.165, 1.54) is 23.9 Å². The lowest BCUT2D eigenvalue weighted by molar-refractivity contribution is -0.113. The van der Waals surface area contributed by atoms with Crippen LogP contribution in [0.4, 0.5) is 5.69 Å². The molecule has 0 aromatic heterocycles. The van der Waals surface area contributed by atoms with Crippen LogP contribution >= 0.6 is 27.7 Å². The van der Waals surface area contributed by atoms with Gasteiger partial charge in [0.2, 0.25) is 5.91 Å². The third-order valence-electron chi connectivity index (χ3n) is 3.21. The lowest BCUT2D eigenvalue weighted by atomic mass is 10.2. The highest BCUT2D eigenvalue weighted by Gasteiger charge is 2.05. The fourth-order valence-corrected chi connectivity index (χ4v) is 2.76. The Morgan fingerprint density at radius 3 is 1.96 bits per heavy atom. The van der Waals surface area contributed by atoms with Crippen molar-refractivity contribution < 1.29 is 33.6 Å². The van der Waals surface area contributed by atoms with Crippen LogP contribution in [-0.2, 0) is 23.7 Å². The van der Waals surface area contributed by atoms with Crippen LogP contribution in [0.25, 0.3) is 0 Å². The van der Waals surface area contributed by atoms with Gasteiger partial charge in [-0.2, -0.15) is 0 Å². The van der Waals surface area contributed by atoms with Crippen LogP contribution in [0.3, 0.4) is 0 Å². The first-order chi connectivity index (χ1) is 13.6. The van der Waals surface area contributed by atoms with Crippen LogP contribution < -0.4 is 5.32 Å². The van der Waals surface area contributed by atoms with Crippen LogP contribution in [0.1, 0.15) is 10.4 Å². The molecule has 1 rings (SSSR count). The van der Waals surface area contributed by atoms with Gasteiger partial charge in [0.15, 0.2) is 0 Å². The molecule has 1 amide bonds. The summed E-state index contributed by atoms with van der Waals surface area (Å²) in [4.78, 5) is 22.6. The number of alkyl halides is 1. The van der Waals surface area contributed by atoms with Gasteiger partial charge in [0.25, 0.3) is 0 Å². The number of rotatable bonds is 17. The predicted molar refractivity (Wildman–Crippen MR) is 112 cm³/mol. The molecule has 0 radical (unpaired) electrons. The van der Waals surface area contributed by atoms with Gasteiger partial charge < -0.3 is 29.4 Å². The molecular formula is C18H26BrNO7S. The lowest BCUT2D eigenvalue weighted by Crippen LogP contribution is -2.15. The van der Waals surface area contributed by atoms with Crippen molar-refractivity contribution in [3.05, 3.63) is 29.8 Å². The number of ether oxygens (including phenoxy) is 4. The zero-order valence-corrected chi connectivity index (χ0v) is 18.0. The zero-order valence-electron chi connectivity index (χ0n) is 15.6. The van der Waals surface area contributed by atoms with Gasteiger partial charge in [-0.25, -0.2) is 4.79 Å². The second kappa shape index (κ2) is 16.8. The number of carbonyl (C=O) groups excluding carboxylic acids is 1. The molecule has 0 saturated carbocycles. The number of carbonyl (C=O) groups is 2. The van der Waals surface area contributed by atoms with Crippen molar-refractivity contribution in [3.63, 3.8) is 0 Å². The maximum absolute atomic E-state index is 11.8. The van der Waals surface area contributed by atoms with Gasteiger partial charge in [-0.15, -0.1) is 11.8 Å². The number of thioether (sulfide) groups is 1. The molecule has 2 N–H and O–H groups in total. The van der Waals surface area contributed by atoms with Gasteiger partial charge in [0, 0.05) is 11.4 Å². The summed E-state index contributed by atoms with van der Waals surface area (Å²) < 4.78 is 21.2. The van der Waals surface area contributed by atoms with Crippen molar-refractivity contribution in [2.75, 3.05) is 68.6 Å². The number of aromatic carboxylic acids is 1. The van der Waals surface area contributed by atoms with Crippen molar-refractivity contribution in [2.45, 2.75) is 0 Å². The Hall–Kier alpha value is -1.17. The quantitative estimate of drug-likeness (QED) is 0.259. The van der Waals surface area contributed by atoms with Crippen molar-refractivity contribution in [1.82, 2.24) is 0 Å². The van der Waals surface area contributed by atoms with Gasteiger partial charge in [-0.1, -0.05) is 15.9 Å². The van der Waals surface area contributed by atoms with Gasteiger partial charge >= 0.3 is 5.97 Å². The van der Waals surface area contributed by atoms with Gasteiger partial charge in [-0.3, -0.25) is 4.79 Å². The van der Waals surface area contributed by atoms with Crippen molar-refractivity contribution in [3.8, 4) is 0 Å². The fraction of sp³-hybridized carbons (Fsp3) is 0.556. The molecule has 0 atom stereocenters. The molecular weight excluding hydrogens is 454 g/mol. The van der Waals surface area contributed by atoms with E-state index < -0.39 is 5.97 Å². The Morgan fingerprint density at radius 1 is 0.893 bits per heavy atom. The molecule has 1 aromatic carbocycles. The highest BCUT2D eigenvalue weighted by molar-refractivity contribution is 9.09. The fourth-order valence-electron chi connectivity index (χ4n) is 1.89. The summed E-state index contributed by atoms with van der Waals surface area (Å²) in [6.45, 7) is 3.67. The molecule has 0 fully saturated rings. The monoisotopic (exact) mass is 479 g/mol. The number of hydrogen-bond donors (Lipinski definition) is 2. The second-order valence-corrected chi connectivity index (χ2v) is 6.90. The van der Waals surface area contributed by atoms with E-state index in [1.807, 2.05) is 0 Å². The van der Waals surface area contributed by atoms with Crippen molar-refractivity contribution in [1.29, 1.82) is 0 Å². The predicted octanol–water partition coefficient (Wildman–Crippen LogP) is 2.48. The summed E-state index contributed by atoms with van der Waals surface area (Å²) >= 11 is 4.62. The Balaban J connectivity index is 1.90. The van der Waals surface area contributed by atoms with E-state index >= 15 is 0 Å². The van der Waals surface area contributed by atoms with Crippen LogP contribution in [0.5, 0.6) is 0 Å². The highest BCUT2D eigenvalue weighted by Crippen LogP contribution is 2.10. The smallest absolute Gasteiger partial charge is 0.335 e. The minimum atomic E-state index is -0.997. The Kier molecular flexibility index (Phi) is 14.9. The Morgan fingerprint density at radius 2 is 1.43 bits per heavy atom. The third kappa shape index (κ3) is 13.1. The molecule has 10 heteroatoms. The van der Waals surface area contributed by atoms with E-state index in [1.54, 1.807) is 12.1 Å². The average Bonchev–Trinajstić information content (AvgIpc) is 2.68. The Bertz CT molecular complexity index is 559. The number of carboxylic acid groups (broad SMARTS) is 1. The standard InChI is InChI=1S/C18H26BrNO7S/c19-14-27-10-9-25-6-5-24-7-8-26-11-12-28-13-17(21)20-16-3-1-15(2-4-16)18(22)23/h1-4H,5-14H2,(H,20,21)(H,22,23). The molecule has 28 heavy (non-hydrogen) atoms. The number of anilines is 1. The number of hydrogen-bond acceptors (Lipinski definition) is 7. The topological polar surface area (TPSA) is 103 Å². The molecule has 0 saturated heterocycles. The molecule has 1 aromatic rings. The SMILES string of the molecule is O=C(CSCCOCCOCCOCCOCBr)Nc1ccc(C(=O)O)cc1. The van der Waals surface area contributed by atoms with Crippen LogP contribution in [0.15, 0.2) is 24.3 Å². The van der Waals surface area contributed by atoms with E-state index in [9.17, 15) is 9.59 Å². The first-order valence-corrected chi connectivity index (χ1v) is 11.0.